The van der Waals surface area contributed by atoms with Gasteiger partial charge in [0.25, 0.3) is 5.69 Å². The van der Waals surface area contributed by atoms with Crippen LogP contribution >= 0.6 is 11.8 Å². The van der Waals surface area contributed by atoms with Gasteiger partial charge in [0, 0.05) is 16.9 Å². The molecule has 0 saturated carbocycles. The lowest BCUT2D eigenvalue weighted by Crippen LogP contribution is -2.07. The van der Waals surface area contributed by atoms with Gasteiger partial charge in [-0.1, -0.05) is 30.0 Å². The van der Waals surface area contributed by atoms with Crippen molar-refractivity contribution in [3.05, 3.63) is 39.9 Å². The molecule has 0 aliphatic rings. The Kier molecular flexibility index (Phi) is 3.68. The molecule has 0 spiro atoms. The average Bonchev–Trinajstić information content (AvgIpc) is 2.16. The van der Waals surface area contributed by atoms with E-state index in [0.29, 0.717) is 5.56 Å². The second-order valence-electron chi connectivity index (χ2n) is 2.94. The Bertz CT molecular complexity index is 395. The van der Waals surface area contributed by atoms with Gasteiger partial charge in [-0.05, 0) is 6.92 Å². The molecule has 0 fully saturated rings. The van der Waals surface area contributed by atoms with E-state index in [0.717, 1.165) is 11.8 Å². The van der Waals surface area contributed by atoms with Crippen molar-refractivity contribution in [1.82, 2.24) is 0 Å². The summed E-state index contributed by atoms with van der Waals surface area (Å²) in [6.45, 7) is 1.79. The summed E-state index contributed by atoms with van der Waals surface area (Å²) in [5, 5.41) is 17.6. The molecule has 0 aliphatic carbocycles. The van der Waals surface area contributed by atoms with Gasteiger partial charge in [0.2, 0.25) is 0 Å². The van der Waals surface area contributed by atoms with Crippen molar-refractivity contribution in [3.8, 4) is 0 Å². The number of hydrogen-bond acceptors (Lipinski definition) is 4. The molecule has 5 nitrogen and oxygen atoms in total. The largest absolute Gasteiger partial charge is 0.379 e. The molecule has 0 aliphatic heterocycles. The number of nitrogens with one attached hydrogen (secondary N) is 1. The Hall–Kier alpha value is -1.56. The zero-order chi connectivity index (χ0) is 11.4. The van der Waals surface area contributed by atoms with Crippen LogP contribution in [0.25, 0.3) is 0 Å². The number of benzene rings is 1. The lowest BCUT2D eigenvalue weighted by Gasteiger charge is -2.09. The van der Waals surface area contributed by atoms with Gasteiger partial charge in [-0.2, -0.15) is 0 Å². The maximum atomic E-state index is 10.7. The van der Waals surface area contributed by atoms with Crippen molar-refractivity contribution >= 4 is 22.6 Å². The summed E-state index contributed by atoms with van der Waals surface area (Å²) in [6, 6.07) is 6.48. The second kappa shape index (κ2) is 4.79. The molecule has 1 aromatic carbocycles. The number of nitrogens with zero attached hydrogens (tertiary/aromatic N) is 1. The fourth-order valence-electron chi connectivity index (χ4n) is 1.25. The summed E-state index contributed by atoms with van der Waals surface area (Å²) in [5.74, 6) is 0. The highest BCUT2D eigenvalue weighted by atomic mass is 32.2. The molecule has 3 N–H and O–H groups in total. The highest BCUT2D eigenvalue weighted by Crippen LogP contribution is 2.33. The third-order valence-electron chi connectivity index (χ3n) is 1.88. The quantitative estimate of drug-likeness (QED) is 0.357. The molecule has 0 radical (unpaired) electrons. The van der Waals surface area contributed by atoms with Gasteiger partial charge in [0.15, 0.2) is 5.17 Å². The molecule has 1 rings (SSSR count). The molecule has 0 saturated heterocycles. The summed E-state index contributed by atoms with van der Waals surface area (Å²) in [4.78, 5) is 10.3. The van der Waals surface area contributed by atoms with Gasteiger partial charge in [-0.25, -0.2) is 0 Å². The van der Waals surface area contributed by atoms with Crippen LogP contribution in [0.15, 0.2) is 24.3 Å². The van der Waals surface area contributed by atoms with Crippen molar-refractivity contribution in [2.24, 2.45) is 5.73 Å². The number of nitrogens with two attached hydrogens (primary N) is 1. The molecule has 1 atom stereocenters. The Morgan fingerprint density at radius 1 is 1.60 bits per heavy atom. The van der Waals surface area contributed by atoms with Gasteiger partial charge < -0.3 is 5.73 Å². The predicted molar refractivity (Wildman–Crippen MR) is 61.0 cm³/mol. The van der Waals surface area contributed by atoms with Gasteiger partial charge in [0.1, 0.15) is 0 Å². The third kappa shape index (κ3) is 2.95. The zero-order valence-corrected chi connectivity index (χ0v) is 8.95. The molecule has 1 aromatic rings. The average molecular weight is 225 g/mol. The third-order valence-corrected chi connectivity index (χ3v) is 2.74. The van der Waals surface area contributed by atoms with E-state index in [1.165, 1.54) is 6.07 Å². The summed E-state index contributed by atoms with van der Waals surface area (Å²) < 4.78 is 0. The summed E-state index contributed by atoms with van der Waals surface area (Å²) in [5.41, 5.74) is 5.89. The normalized spacial score (nSPS) is 12.1. The van der Waals surface area contributed by atoms with E-state index >= 15 is 0 Å². The molecule has 0 aromatic heterocycles. The minimum absolute atomic E-state index is 0.0411. The first-order chi connectivity index (χ1) is 7.02. The van der Waals surface area contributed by atoms with E-state index in [1.807, 2.05) is 0 Å². The minimum Gasteiger partial charge on any atom is -0.379 e. The van der Waals surface area contributed by atoms with Gasteiger partial charge >= 0.3 is 0 Å². The zero-order valence-electron chi connectivity index (χ0n) is 8.14. The second-order valence-corrected chi connectivity index (χ2v) is 4.32. The van der Waals surface area contributed by atoms with Crippen molar-refractivity contribution in [2.75, 3.05) is 0 Å². The van der Waals surface area contributed by atoms with Gasteiger partial charge in [-0.3, -0.25) is 15.5 Å². The number of nitro groups is 1. The highest BCUT2D eigenvalue weighted by Gasteiger charge is 2.18. The summed E-state index contributed by atoms with van der Waals surface area (Å²) >= 11 is 1.10. The number of amidine groups is 1. The summed E-state index contributed by atoms with van der Waals surface area (Å²) in [6.07, 6.45) is 0. The SMILES string of the molecule is CC(SC(=N)N)c1ccccc1[N+](=O)[O-]. The monoisotopic (exact) mass is 225 g/mol. The van der Waals surface area contributed by atoms with Crippen LogP contribution in [0.5, 0.6) is 0 Å². The molecule has 15 heavy (non-hydrogen) atoms. The molecule has 0 bridgehead atoms. The molecular weight excluding hydrogens is 214 g/mol. The molecule has 80 valence electrons. The highest BCUT2D eigenvalue weighted by molar-refractivity contribution is 8.13. The van der Waals surface area contributed by atoms with Crippen molar-refractivity contribution in [1.29, 1.82) is 5.41 Å². The predicted octanol–water partition coefficient (Wildman–Crippen LogP) is 2.28. The lowest BCUT2D eigenvalue weighted by molar-refractivity contribution is -0.385. The van der Waals surface area contributed by atoms with Crippen LogP contribution in [0.2, 0.25) is 0 Å². The number of para-hydroxylation sites is 1. The van der Waals surface area contributed by atoms with Gasteiger partial charge in [-0.15, -0.1) is 0 Å². The van der Waals surface area contributed by atoms with Crippen molar-refractivity contribution in [2.45, 2.75) is 12.2 Å². The van der Waals surface area contributed by atoms with Crippen LogP contribution < -0.4 is 5.73 Å². The van der Waals surface area contributed by atoms with E-state index in [1.54, 1.807) is 25.1 Å². The number of hydrogen-bond donors (Lipinski definition) is 2. The maximum absolute atomic E-state index is 10.7. The first kappa shape index (κ1) is 11.5. The van der Waals surface area contributed by atoms with E-state index in [9.17, 15) is 10.1 Å². The van der Waals surface area contributed by atoms with E-state index < -0.39 is 4.92 Å². The number of nitro benzene ring substituents is 1. The van der Waals surface area contributed by atoms with E-state index in [4.69, 9.17) is 11.1 Å². The van der Waals surface area contributed by atoms with E-state index in [2.05, 4.69) is 0 Å². The minimum atomic E-state index is -0.424. The molecular formula is C9H11N3O2S. The number of rotatable bonds is 3. The smallest absolute Gasteiger partial charge is 0.273 e. The fourth-order valence-corrected chi connectivity index (χ4v) is 1.96. The van der Waals surface area contributed by atoms with Crippen LogP contribution in [0.1, 0.15) is 17.7 Å². The standard InChI is InChI=1S/C9H11N3O2S/c1-6(15-9(10)11)7-4-2-3-5-8(7)12(13)14/h2-6H,1H3,(H3,10,11). The lowest BCUT2D eigenvalue weighted by atomic mass is 10.1. The fraction of sp³-hybridized carbons (Fsp3) is 0.222. The Morgan fingerprint density at radius 3 is 2.73 bits per heavy atom. The molecule has 0 amide bonds. The number of thioether (sulfide) groups is 1. The Labute approximate surface area is 91.3 Å². The van der Waals surface area contributed by atoms with Crippen molar-refractivity contribution in [3.63, 3.8) is 0 Å². The summed E-state index contributed by atoms with van der Waals surface area (Å²) in [7, 11) is 0. The topological polar surface area (TPSA) is 93.0 Å². The first-order valence-corrected chi connectivity index (χ1v) is 5.14. The van der Waals surface area contributed by atoms with Crippen LogP contribution in [0, 0.1) is 15.5 Å². The first-order valence-electron chi connectivity index (χ1n) is 4.26. The maximum Gasteiger partial charge on any atom is 0.273 e. The Morgan fingerprint density at radius 2 is 2.20 bits per heavy atom. The molecule has 0 heterocycles. The Balaban J connectivity index is 3.02. The molecule has 6 heteroatoms. The molecule has 1 unspecified atom stereocenters. The van der Waals surface area contributed by atoms with Crippen LogP contribution in [-0.2, 0) is 0 Å². The van der Waals surface area contributed by atoms with Crippen molar-refractivity contribution < 1.29 is 4.92 Å². The van der Waals surface area contributed by atoms with Gasteiger partial charge in [0.05, 0.1) is 4.92 Å². The van der Waals surface area contributed by atoms with Crippen LogP contribution in [0.3, 0.4) is 0 Å². The van der Waals surface area contributed by atoms with E-state index in [-0.39, 0.29) is 16.1 Å². The van der Waals surface area contributed by atoms with Crippen LogP contribution in [-0.4, -0.2) is 10.1 Å². The van der Waals surface area contributed by atoms with Crippen LogP contribution in [0.4, 0.5) is 5.69 Å².